The van der Waals surface area contributed by atoms with E-state index in [1.165, 1.54) is 18.4 Å². The lowest BCUT2D eigenvalue weighted by Crippen LogP contribution is -2.34. The number of ether oxygens (including phenoxy) is 2. The van der Waals surface area contributed by atoms with Gasteiger partial charge in [-0.05, 0) is 44.1 Å². The standard InChI is InChI=1S/C16H24N2O2/c1-3-17-14(11-18(2)13-5-6-13)12-4-7-15-16(10-12)20-9-8-19-15/h4,7,10,13-14,17H,3,5-6,8-9,11H2,1-2H3. The molecule has 2 aliphatic rings. The average molecular weight is 276 g/mol. The molecule has 1 aromatic rings. The molecule has 1 heterocycles. The van der Waals surface area contributed by atoms with Crippen LogP contribution in [0.5, 0.6) is 11.5 Å². The molecule has 1 aliphatic heterocycles. The lowest BCUT2D eigenvalue weighted by molar-refractivity contribution is 0.171. The molecule has 3 rings (SSSR count). The minimum absolute atomic E-state index is 0.349. The molecule has 1 aromatic carbocycles. The summed E-state index contributed by atoms with van der Waals surface area (Å²) in [6.45, 7) is 5.45. The normalized spacial score (nSPS) is 19.1. The van der Waals surface area contributed by atoms with E-state index in [2.05, 4.69) is 36.3 Å². The van der Waals surface area contributed by atoms with Crippen LogP contribution in [0.3, 0.4) is 0 Å². The first-order valence-corrected chi connectivity index (χ1v) is 7.61. The van der Waals surface area contributed by atoms with Crippen LogP contribution in [0.4, 0.5) is 0 Å². The zero-order valence-corrected chi connectivity index (χ0v) is 12.4. The number of hydrogen-bond donors (Lipinski definition) is 1. The Morgan fingerprint density at radius 1 is 1.25 bits per heavy atom. The summed E-state index contributed by atoms with van der Waals surface area (Å²) >= 11 is 0. The van der Waals surface area contributed by atoms with E-state index < -0.39 is 0 Å². The summed E-state index contributed by atoms with van der Waals surface area (Å²) in [5.74, 6) is 1.75. The van der Waals surface area contributed by atoms with Crippen molar-refractivity contribution in [1.29, 1.82) is 0 Å². The first kappa shape index (κ1) is 13.7. The van der Waals surface area contributed by atoms with Crippen LogP contribution in [0.25, 0.3) is 0 Å². The first-order chi connectivity index (χ1) is 9.78. The summed E-state index contributed by atoms with van der Waals surface area (Å²) in [5.41, 5.74) is 1.28. The van der Waals surface area contributed by atoms with Crippen LogP contribution < -0.4 is 14.8 Å². The van der Waals surface area contributed by atoms with Gasteiger partial charge in [0.2, 0.25) is 0 Å². The van der Waals surface area contributed by atoms with Crippen molar-refractivity contribution in [2.24, 2.45) is 0 Å². The number of nitrogens with zero attached hydrogens (tertiary/aromatic N) is 1. The fourth-order valence-corrected chi connectivity index (χ4v) is 2.76. The summed E-state index contributed by atoms with van der Waals surface area (Å²) in [5, 5.41) is 3.58. The van der Waals surface area contributed by atoms with Crippen LogP contribution in [-0.2, 0) is 0 Å². The maximum Gasteiger partial charge on any atom is 0.161 e. The molecule has 0 bridgehead atoms. The number of fused-ring (bicyclic) bond motifs is 1. The van der Waals surface area contributed by atoms with Gasteiger partial charge >= 0.3 is 0 Å². The molecule has 0 amide bonds. The highest BCUT2D eigenvalue weighted by molar-refractivity contribution is 5.44. The third-order valence-corrected chi connectivity index (χ3v) is 4.06. The van der Waals surface area contributed by atoms with Gasteiger partial charge in [-0.2, -0.15) is 0 Å². The van der Waals surface area contributed by atoms with Crippen LogP contribution in [0.2, 0.25) is 0 Å². The number of benzene rings is 1. The predicted octanol–water partition coefficient (Wildman–Crippen LogP) is 2.20. The molecule has 4 nitrogen and oxygen atoms in total. The second-order valence-corrected chi connectivity index (χ2v) is 5.68. The van der Waals surface area contributed by atoms with Crippen molar-refractivity contribution in [3.05, 3.63) is 23.8 Å². The Labute approximate surface area is 121 Å². The monoisotopic (exact) mass is 276 g/mol. The van der Waals surface area contributed by atoms with Crippen molar-refractivity contribution in [2.45, 2.75) is 31.8 Å². The molecule has 1 N–H and O–H groups in total. The molecule has 4 heteroatoms. The van der Waals surface area contributed by atoms with E-state index in [0.717, 1.165) is 30.6 Å². The van der Waals surface area contributed by atoms with Crippen LogP contribution >= 0.6 is 0 Å². The Balaban J connectivity index is 1.75. The zero-order valence-electron chi connectivity index (χ0n) is 12.4. The lowest BCUT2D eigenvalue weighted by Gasteiger charge is -2.26. The Morgan fingerprint density at radius 2 is 2.00 bits per heavy atom. The Kier molecular flexibility index (Phi) is 4.13. The highest BCUT2D eigenvalue weighted by Crippen LogP contribution is 2.33. The molecule has 1 unspecified atom stereocenters. The van der Waals surface area contributed by atoms with Gasteiger partial charge in [-0.1, -0.05) is 13.0 Å². The number of likely N-dealkylation sites (N-methyl/N-ethyl adjacent to an activating group) is 2. The molecule has 0 saturated heterocycles. The summed E-state index contributed by atoms with van der Waals surface area (Å²) < 4.78 is 11.3. The first-order valence-electron chi connectivity index (χ1n) is 7.61. The fraction of sp³-hybridized carbons (Fsp3) is 0.625. The van der Waals surface area contributed by atoms with Gasteiger partial charge in [0.05, 0.1) is 0 Å². The SMILES string of the molecule is CCNC(CN(C)C1CC1)c1ccc2c(c1)OCCO2. The molecular formula is C16H24N2O2. The van der Waals surface area contributed by atoms with Crippen molar-refractivity contribution >= 4 is 0 Å². The zero-order chi connectivity index (χ0) is 13.9. The number of rotatable bonds is 6. The van der Waals surface area contributed by atoms with Gasteiger partial charge in [0.15, 0.2) is 11.5 Å². The van der Waals surface area contributed by atoms with Crippen molar-refractivity contribution in [2.75, 3.05) is 33.4 Å². The molecule has 0 aromatic heterocycles. The van der Waals surface area contributed by atoms with Gasteiger partial charge < -0.3 is 19.7 Å². The topological polar surface area (TPSA) is 33.7 Å². The largest absolute Gasteiger partial charge is 0.486 e. The fourth-order valence-electron chi connectivity index (χ4n) is 2.76. The summed E-state index contributed by atoms with van der Waals surface area (Å²) in [6, 6.07) is 7.45. The third kappa shape index (κ3) is 3.07. The van der Waals surface area contributed by atoms with Crippen molar-refractivity contribution in [3.8, 4) is 11.5 Å². The molecule has 0 radical (unpaired) electrons. The van der Waals surface area contributed by atoms with E-state index >= 15 is 0 Å². The quantitative estimate of drug-likeness (QED) is 0.863. The van der Waals surface area contributed by atoms with Gasteiger partial charge in [-0.15, -0.1) is 0 Å². The Bertz CT molecular complexity index is 460. The molecule has 1 atom stereocenters. The van der Waals surface area contributed by atoms with Crippen molar-refractivity contribution < 1.29 is 9.47 Å². The average Bonchev–Trinajstić information content (AvgIpc) is 3.31. The highest BCUT2D eigenvalue weighted by atomic mass is 16.6. The minimum atomic E-state index is 0.349. The highest BCUT2D eigenvalue weighted by Gasteiger charge is 2.28. The van der Waals surface area contributed by atoms with Gasteiger partial charge in [0.25, 0.3) is 0 Å². The second-order valence-electron chi connectivity index (χ2n) is 5.68. The lowest BCUT2D eigenvalue weighted by atomic mass is 10.1. The van der Waals surface area contributed by atoms with Crippen molar-refractivity contribution in [3.63, 3.8) is 0 Å². The maximum atomic E-state index is 5.69. The molecule has 1 saturated carbocycles. The molecule has 1 aliphatic carbocycles. The van der Waals surface area contributed by atoms with Gasteiger partial charge in [-0.3, -0.25) is 0 Å². The Morgan fingerprint density at radius 3 is 2.70 bits per heavy atom. The van der Waals surface area contributed by atoms with Crippen LogP contribution in [-0.4, -0.2) is 44.3 Å². The van der Waals surface area contributed by atoms with Gasteiger partial charge in [0, 0.05) is 18.6 Å². The van der Waals surface area contributed by atoms with E-state index in [1.54, 1.807) is 0 Å². The summed E-state index contributed by atoms with van der Waals surface area (Å²) in [7, 11) is 2.22. The van der Waals surface area contributed by atoms with E-state index in [0.29, 0.717) is 19.3 Å². The van der Waals surface area contributed by atoms with E-state index in [1.807, 2.05) is 6.07 Å². The van der Waals surface area contributed by atoms with Gasteiger partial charge in [-0.25, -0.2) is 0 Å². The minimum Gasteiger partial charge on any atom is -0.486 e. The predicted molar refractivity (Wildman–Crippen MR) is 79.5 cm³/mol. The summed E-state index contributed by atoms with van der Waals surface area (Å²) in [6.07, 6.45) is 2.69. The molecule has 110 valence electrons. The second kappa shape index (κ2) is 6.02. The number of nitrogens with one attached hydrogen (secondary N) is 1. The maximum absolute atomic E-state index is 5.69. The summed E-state index contributed by atoms with van der Waals surface area (Å²) in [4.78, 5) is 2.46. The third-order valence-electron chi connectivity index (χ3n) is 4.06. The van der Waals surface area contributed by atoms with Crippen LogP contribution in [0, 0.1) is 0 Å². The molecule has 20 heavy (non-hydrogen) atoms. The molecular weight excluding hydrogens is 252 g/mol. The molecule has 0 spiro atoms. The van der Waals surface area contributed by atoms with E-state index in [-0.39, 0.29) is 0 Å². The van der Waals surface area contributed by atoms with Crippen LogP contribution in [0.15, 0.2) is 18.2 Å². The van der Waals surface area contributed by atoms with E-state index in [9.17, 15) is 0 Å². The van der Waals surface area contributed by atoms with Crippen molar-refractivity contribution in [1.82, 2.24) is 10.2 Å². The van der Waals surface area contributed by atoms with E-state index in [4.69, 9.17) is 9.47 Å². The Hall–Kier alpha value is -1.26. The van der Waals surface area contributed by atoms with Gasteiger partial charge in [0.1, 0.15) is 13.2 Å². The smallest absolute Gasteiger partial charge is 0.161 e. The number of hydrogen-bond acceptors (Lipinski definition) is 4. The molecule has 1 fully saturated rings. The van der Waals surface area contributed by atoms with Crippen LogP contribution in [0.1, 0.15) is 31.4 Å².